The number of fused-ring (bicyclic) bond motifs is 1. The number of thiophene rings is 1. The van der Waals surface area contributed by atoms with E-state index in [1.807, 2.05) is 42.6 Å². The zero-order valence-electron chi connectivity index (χ0n) is 16.4. The molecule has 1 fully saturated rings. The van der Waals surface area contributed by atoms with Crippen LogP contribution < -0.4 is 14.8 Å². The van der Waals surface area contributed by atoms with Crippen molar-refractivity contribution in [3.8, 4) is 11.5 Å². The first-order valence-corrected chi connectivity index (χ1v) is 10.7. The molecule has 0 radical (unpaired) electrons. The number of urea groups is 1. The molecule has 0 unspecified atom stereocenters. The van der Waals surface area contributed by atoms with Gasteiger partial charge in [-0.05, 0) is 48.9 Å². The Bertz CT molecular complexity index is 867. The number of carbonyl (C=O) groups is 2. The fourth-order valence-corrected chi connectivity index (χ4v) is 4.05. The Morgan fingerprint density at radius 3 is 2.72 bits per heavy atom. The second-order valence-electron chi connectivity index (χ2n) is 7.21. The molecule has 1 aromatic carbocycles. The monoisotopic (exact) mass is 415 g/mol. The number of carbonyl (C=O) groups excluding carboxylic acids is 2. The Balaban J connectivity index is 1.50. The van der Waals surface area contributed by atoms with Crippen LogP contribution in [-0.2, 0) is 17.9 Å². The van der Waals surface area contributed by atoms with E-state index in [-0.39, 0.29) is 31.3 Å². The minimum absolute atomic E-state index is 0.0609. The van der Waals surface area contributed by atoms with E-state index in [4.69, 9.17) is 9.47 Å². The lowest BCUT2D eigenvalue weighted by atomic mass is 10.2. The molecule has 2 aromatic rings. The van der Waals surface area contributed by atoms with E-state index in [0.29, 0.717) is 25.4 Å². The van der Waals surface area contributed by atoms with Crippen LogP contribution in [-0.4, -0.2) is 47.7 Å². The summed E-state index contributed by atoms with van der Waals surface area (Å²) in [6.07, 6.45) is 1.91. The predicted molar refractivity (Wildman–Crippen MR) is 110 cm³/mol. The van der Waals surface area contributed by atoms with Crippen molar-refractivity contribution in [2.45, 2.75) is 38.9 Å². The quantitative estimate of drug-likeness (QED) is 0.719. The number of nitrogens with zero attached hydrogens (tertiary/aromatic N) is 2. The van der Waals surface area contributed by atoms with Gasteiger partial charge in [0.1, 0.15) is 6.54 Å². The summed E-state index contributed by atoms with van der Waals surface area (Å²) >= 11 is 1.62. The van der Waals surface area contributed by atoms with Gasteiger partial charge in [-0.2, -0.15) is 0 Å². The lowest BCUT2D eigenvalue weighted by molar-refractivity contribution is -0.133. The molecule has 7 nitrogen and oxygen atoms in total. The summed E-state index contributed by atoms with van der Waals surface area (Å²) in [5.41, 5.74) is 0.968. The van der Waals surface area contributed by atoms with Crippen LogP contribution in [0.2, 0.25) is 0 Å². The predicted octanol–water partition coefficient (Wildman–Crippen LogP) is 3.20. The Morgan fingerprint density at radius 2 is 2.00 bits per heavy atom. The molecule has 1 saturated carbocycles. The van der Waals surface area contributed by atoms with Crippen LogP contribution >= 0.6 is 11.3 Å². The third kappa shape index (κ3) is 4.82. The van der Waals surface area contributed by atoms with E-state index >= 15 is 0 Å². The van der Waals surface area contributed by atoms with Gasteiger partial charge in [0.2, 0.25) is 12.7 Å². The van der Waals surface area contributed by atoms with Crippen LogP contribution in [0, 0.1) is 0 Å². The number of hydrogen-bond donors (Lipinski definition) is 1. The van der Waals surface area contributed by atoms with Gasteiger partial charge in [0.25, 0.3) is 0 Å². The van der Waals surface area contributed by atoms with Crippen molar-refractivity contribution < 1.29 is 19.1 Å². The first kappa shape index (κ1) is 19.6. The molecule has 0 bridgehead atoms. The standard InChI is InChI=1S/C21H25N3O4S/c1-2-22-21(26)24(16-6-7-16)13-20(25)23(12-17-4-3-9-29-17)11-15-5-8-18-19(10-15)28-14-27-18/h3-5,8-10,16H,2,6-7,11-14H2,1H3,(H,22,26). The van der Waals surface area contributed by atoms with Gasteiger partial charge in [-0.15, -0.1) is 11.3 Å². The van der Waals surface area contributed by atoms with Crippen molar-refractivity contribution in [1.82, 2.24) is 15.1 Å². The average Bonchev–Trinajstić information content (AvgIpc) is 3.21. The molecule has 1 N–H and O–H groups in total. The highest BCUT2D eigenvalue weighted by atomic mass is 32.1. The van der Waals surface area contributed by atoms with E-state index in [9.17, 15) is 9.59 Å². The fourth-order valence-electron chi connectivity index (χ4n) is 3.33. The minimum Gasteiger partial charge on any atom is -0.454 e. The van der Waals surface area contributed by atoms with Gasteiger partial charge in [-0.1, -0.05) is 12.1 Å². The molecule has 2 heterocycles. The third-order valence-corrected chi connectivity index (χ3v) is 5.83. The Morgan fingerprint density at radius 1 is 1.17 bits per heavy atom. The molecule has 0 spiro atoms. The Labute approximate surface area is 174 Å². The lowest BCUT2D eigenvalue weighted by Crippen LogP contribution is -2.47. The maximum atomic E-state index is 13.2. The summed E-state index contributed by atoms with van der Waals surface area (Å²) in [4.78, 5) is 30.2. The summed E-state index contributed by atoms with van der Waals surface area (Å²) in [7, 11) is 0. The Kier molecular flexibility index (Phi) is 5.89. The number of ether oxygens (including phenoxy) is 2. The van der Waals surface area contributed by atoms with Gasteiger partial charge in [-0.3, -0.25) is 4.79 Å². The van der Waals surface area contributed by atoms with Crippen LogP contribution in [0.25, 0.3) is 0 Å². The van der Waals surface area contributed by atoms with Crippen LogP contribution in [0.3, 0.4) is 0 Å². The lowest BCUT2D eigenvalue weighted by Gasteiger charge is -2.27. The summed E-state index contributed by atoms with van der Waals surface area (Å²) in [6, 6.07) is 9.74. The van der Waals surface area contributed by atoms with E-state index in [2.05, 4.69) is 5.32 Å². The smallest absolute Gasteiger partial charge is 0.318 e. The van der Waals surface area contributed by atoms with Crippen molar-refractivity contribution in [2.24, 2.45) is 0 Å². The molecule has 154 valence electrons. The van der Waals surface area contributed by atoms with Gasteiger partial charge in [0, 0.05) is 24.0 Å². The highest BCUT2D eigenvalue weighted by Crippen LogP contribution is 2.33. The van der Waals surface area contributed by atoms with Gasteiger partial charge in [-0.25, -0.2) is 4.79 Å². The highest BCUT2D eigenvalue weighted by Gasteiger charge is 2.34. The van der Waals surface area contributed by atoms with Crippen molar-refractivity contribution in [2.75, 3.05) is 19.9 Å². The van der Waals surface area contributed by atoms with Crippen molar-refractivity contribution >= 4 is 23.3 Å². The highest BCUT2D eigenvalue weighted by molar-refractivity contribution is 7.09. The molecule has 2 aliphatic rings. The maximum absolute atomic E-state index is 13.2. The molecule has 4 rings (SSSR count). The molecule has 0 saturated heterocycles. The molecule has 1 aromatic heterocycles. The minimum atomic E-state index is -0.164. The summed E-state index contributed by atoms with van der Waals surface area (Å²) in [5.74, 6) is 1.36. The van der Waals surface area contributed by atoms with Crippen LogP contribution in [0.5, 0.6) is 11.5 Å². The number of hydrogen-bond acceptors (Lipinski definition) is 5. The molecular weight excluding hydrogens is 390 g/mol. The zero-order chi connectivity index (χ0) is 20.2. The normalized spacial score (nSPS) is 14.5. The van der Waals surface area contributed by atoms with E-state index in [1.165, 1.54) is 0 Å². The molecular formula is C21H25N3O4S. The van der Waals surface area contributed by atoms with Crippen molar-refractivity contribution in [3.63, 3.8) is 0 Å². The second-order valence-corrected chi connectivity index (χ2v) is 8.24. The second kappa shape index (κ2) is 8.73. The Hall–Kier alpha value is -2.74. The maximum Gasteiger partial charge on any atom is 0.318 e. The van der Waals surface area contributed by atoms with E-state index in [0.717, 1.165) is 29.0 Å². The SMILES string of the molecule is CCNC(=O)N(CC(=O)N(Cc1ccc2c(c1)OCO2)Cc1cccs1)C1CC1. The summed E-state index contributed by atoms with van der Waals surface area (Å²) in [6.45, 7) is 3.70. The van der Waals surface area contributed by atoms with Crippen LogP contribution in [0.1, 0.15) is 30.2 Å². The molecule has 3 amide bonds. The molecule has 0 atom stereocenters. The van der Waals surface area contributed by atoms with Gasteiger partial charge in [0.15, 0.2) is 11.5 Å². The largest absolute Gasteiger partial charge is 0.454 e. The number of benzene rings is 1. The average molecular weight is 416 g/mol. The molecule has 8 heteroatoms. The van der Waals surface area contributed by atoms with Gasteiger partial charge >= 0.3 is 6.03 Å². The summed E-state index contributed by atoms with van der Waals surface area (Å²) in [5, 5.41) is 4.83. The van der Waals surface area contributed by atoms with Crippen LogP contribution in [0.15, 0.2) is 35.7 Å². The zero-order valence-corrected chi connectivity index (χ0v) is 17.2. The molecule has 1 aliphatic carbocycles. The van der Waals surface area contributed by atoms with Crippen molar-refractivity contribution in [3.05, 3.63) is 46.2 Å². The number of nitrogens with one attached hydrogen (secondary N) is 1. The summed E-state index contributed by atoms with van der Waals surface area (Å²) < 4.78 is 10.8. The first-order chi connectivity index (χ1) is 14.1. The number of rotatable bonds is 8. The fraction of sp³-hybridized carbons (Fsp3) is 0.429. The molecule has 1 aliphatic heterocycles. The molecule has 29 heavy (non-hydrogen) atoms. The number of amides is 3. The van der Waals surface area contributed by atoms with E-state index < -0.39 is 0 Å². The van der Waals surface area contributed by atoms with Crippen molar-refractivity contribution in [1.29, 1.82) is 0 Å². The van der Waals surface area contributed by atoms with Crippen LogP contribution in [0.4, 0.5) is 4.79 Å². The topological polar surface area (TPSA) is 71.1 Å². The first-order valence-electron chi connectivity index (χ1n) is 9.87. The van der Waals surface area contributed by atoms with Gasteiger partial charge < -0.3 is 24.6 Å². The van der Waals surface area contributed by atoms with Gasteiger partial charge in [0.05, 0.1) is 6.54 Å². The van der Waals surface area contributed by atoms with E-state index in [1.54, 1.807) is 21.1 Å². The third-order valence-electron chi connectivity index (χ3n) is 4.97.